The molecule has 0 saturated carbocycles. The van der Waals surface area contributed by atoms with Crippen molar-refractivity contribution in [2.45, 2.75) is 6.92 Å². The summed E-state index contributed by atoms with van der Waals surface area (Å²) in [5.41, 5.74) is 4.24. The zero-order valence-corrected chi connectivity index (χ0v) is 16.2. The summed E-state index contributed by atoms with van der Waals surface area (Å²) in [6.07, 6.45) is 0. The van der Waals surface area contributed by atoms with Gasteiger partial charge in [0.2, 0.25) is 0 Å². The van der Waals surface area contributed by atoms with E-state index in [4.69, 9.17) is 4.99 Å². The molecule has 27 heavy (non-hydrogen) atoms. The summed E-state index contributed by atoms with van der Waals surface area (Å²) in [6.45, 7) is 5.99. The monoisotopic (exact) mass is 380 g/mol. The van der Waals surface area contributed by atoms with Crippen molar-refractivity contribution >= 4 is 43.6 Å². The molecule has 0 unspecified atom stereocenters. The molecule has 2 aliphatic rings. The fourth-order valence-electron chi connectivity index (χ4n) is 3.77. The molecule has 0 spiro atoms. The van der Waals surface area contributed by atoms with Gasteiger partial charge in [0.25, 0.3) is 0 Å². The maximum Gasteiger partial charge on any atom is 0.140 e. The van der Waals surface area contributed by atoms with E-state index in [9.17, 15) is 4.39 Å². The molecule has 0 atom stereocenters. The third kappa shape index (κ3) is 2.89. The molecule has 0 radical (unpaired) electrons. The molecule has 5 rings (SSSR count). The maximum absolute atomic E-state index is 13.8. The average molecular weight is 380 g/mol. The van der Waals surface area contributed by atoms with Crippen molar-refractivity contribution in [3.05, 3.63) is 53.3 Å². The number of aryl methyl sites for hydroxylation is 1. The van der Waals surface area contributed by atoms with Crippen molar-refractivity contribution in [3.63, 3.8) is 0 Å². The highest BCUT2D eigenvalue weighted by molar-refractivity contribution is 7.23. The van der Waals surface area contributed by atoms with Crippen molar-refractivity contribution in [2.75, 3.05) is 38.5 Å². The quantitative estimate of drug-likeness (QED) is 0.612. The van der Waals surface area contributed by atoms with E-state index in [0.717, 1.165) is 64.0 Å². The molecule has 1 saturated heterocycles. The van der Waals surface area contributed by atoms with E-state index < -0.39 is 0 Å². The van der Waals surface area contributed by atoms with E-state index in [1.54, 1.807) is 23.5 Å². The molecular formula is C21H21FN4S. The van der Waals surface area contributed by atoms with Crippen LogP contribution in [0.15, 0.2) is 41.4 Å². The number of fused-ring (bicyclic) bond motifs is 4. The Balaban J connectivity index is 1.73. The molecule has 0 amide bonds. The van der Waals surface area contributed by atoms with Crippen LogP contribution in [0, 0.1) is 12.7 Å². The Morgan fingerprint density at radius 1 is 1.07 bits per heavy atom. The number of anilines is 2. The molecule has 2 aromatic carbocycles. The van der Waals surface area contributed by atoms with Crippen LogP contribution in [0.1, 0.15) is 11.1 Å². The number of hydrogen-bond acceptors (Lipinski definition) is 5. The zero-order chi connectivity index (χ0) is 18.5. The largest absolute Gasteiger partial charge is 0.353 e. The van der Waals surface area contributed by atoms with Crippen LogP contribution in [-0.2, 0) is 0 Å². The first-order valence-corrected chi connectivity index (χ1v) is 10.0. The summed E-state index contributed by atoms with van der Waals surface area (Å²) in [6, 6.07) is 11.3. The van der Waals surface area contributed by atoms with E-state index >= 15 is 0 Å². The van der Waals surface area contributed by atoms with Gasteiger partial charge in [0, 0.05) is 36.3 Å². The highest BCUT2D eigenvalue weighted by Gasteiger charge is 2.27. The van der Waals surface area contributed by atoms with Crippen LogP contribution in [0.3, 0.4) is 0 Å². The standard InChI is InChI=1S/C21H21FN4S/c1-13-3-6-16-17(11-13)24-21-19(15-5-4-14(22)12-18(15)27-21)20(23-16)26-9-7-25(2)8-10-26/h3-6,11-12,24H,7-10H2,1-2H3. The lowest BCUT2D eigenvalue weighted by Gasteiger charge is -2.34. The van der Waals surface area contributed by atoms with Crippen LogP contribution in [-0.4, -0.2) is 48.9 Å². The zero-order valence-electron chi connectivity index (χ0n) is 15.4. The van der Waals surface area contributed by atoms with Gasteiger partial charge in [-0.25, -0.2) is 9.38 Å². The number of rotatable bonds is 0. The average Bonchev–Trinajstić information content (AvgIpc) is 2.90. The first-order valence-electron chi connectivity index (χ1n) is 9.21. The molecular weight excluding hydrogens is 359 g/mol. The van der Waals surface area contributed by atoms with Gasteiger partial charge in [0.15, 0.2) is 0 Å². The van der Waals surface area contributed by atoms with E-state index in [1.807, 2.05) is 6.07 Å². The highest BCUT2D eigenvalue weighted by atomic mass is 32.1. The number of likely N-dealkylation sites (N-methyl/N-ethyl adjacent to an activating group) is 1. The number of nitrogens with one attached hydrogen (secondary N) is 1. The van der Waals surface area contributed by atoms with Crippen molar-refractivity contribution in [1.82, 2.24) is 9.80 Å². The van der Waals surface area contributed by atoms with Gasteiger partial charge in [0.05, 0.1) is 16.9 Å². The second-order valence-electron chi connectivity index (χ2n) is 7.32. The second kappa shape index (κ2) is 6.32. The number of amidine groups is 1. The van der Waals surface area contributed by atoms with Gasteiger partial charge < -0.3 is 15.1 Å². The predicted molar refractivity (Wildman–Crippen MR) is 112 cm³/mol. The first kappa shape index (κ1) is 16.7. The number of piperazine rings is 1. The Bertz CT molecular complexity index is 1060. The van der Waals surface area contributed by atoms with Crippen molar-refractivity contribution in [1.29, 1.82) is 0 Å². The van der Waals surface area contributed by atoms with Crippen LogP contribution >= 0.6 is 11.3 Å². The molecule has 6 heteroatoms. The van der Waals surface area contributed by atoms with E-state index in [1.165, 1.54) is 5.56 Å². The van der Waals surface area contributed by atoms with E-state index in [-0.39, 0.29) is 5.82 Å². The predicted octanol–water partition coefficient (Wildman–Crippen LogP) is 4.73. The summed E-state index contributed by atoms with van der Waals surface area (Å²) in [5, 5.41) is 5.68. The normalized spacial score (nSPS) is 17.1. The highest BCUT2D eigenvalue weighted by Crippen LogP contribution is 2.43. The molecule has 138 valence electrons. The number of nitrogens with zero attached hydrogens (tertiary/aromatic N) is 3. The van der Waals surface area contributed by atoms with Crippen LogP contribution < -0.4 is 5.32 Å². The lowest BCUT2D eigenvalue weighted by atomic mass is 10.1. The Labute approximate surface area is 161 Å². The summed E-state index contributed by atoms with van der Waals surface area (Å²) in [5.74, 6) is 0.791. The minimum atomic E-state index is -0.201. The molecule has 3 aromatic rings. The van der Waals surface area contributed by atoms with Gasteiger partial charge in [-0.3, -0.25) is 0 Å². The van der Waals surface area contributed by atoms with E-state index in [2.05, 4.69) is 47.3 Å². The molecule has 1 aromatic heterocycles. The molecule has 4 nitrogen and oxygen atoms in total. The number of thiophene rings is 1. The van der Waals surface area contributed by atoms with Crippen LogP contribution in [0.2, 0.25) is 0 Å². The van der Waals surface area contributed by atoms with Crippen molar-refractivity contribution in [2.24, 2.45) is 4.99 Å². The van der Waals surface area contributed by atoms with Crippen molar-refractivity contribution in [3.8, 4) is 0 Å². The maximum atomic E-state index is 13.8. The lowest BCUT2D eigenvalue weighted by Crippen LogP contribution is -2.47. The lowest BCUT2D eigenvalue weighted by molar-refractivity contribution is 0.216. The summed E-state index contributed by atoms with van der Waals surface area (Å²) in [4.78, 5) is 9.79. The van der Waals surface area contributed by atoms with Gasteiger partial charge in [-0.2, -0.15) is 0 Å². The van der Waals surface area contributed by atoms with Gasteiger partial charge >= 0.3 is 0 Å². The second-order valence-corrected chi connectivity index (χ2v) is 8.37. The SMILES string of the molecule is Cc1ccc2c(c1)Nc1sc3cc(F)ccc3c1C(N1CCN(C)CC1)=N2. The van der Waals surface area contributed by atoms with Crippen molar-refractivity contribution < 1.29 is 4.39 Å². The third-order valence-corrected chi connectivity index (χ3v) is 6.37. The van der Waals surface area contributed by atoms with Crippen LogP contribution in [0.4, 0.5) is 20.8 Å². The Morgan fingerprint density at radius 3 is 2.70 bits per heavy atom. The minimum Gasteiger partial charge on any atom is -0.353 e. The molecule has 0 aliphatic carbocycles. The molecule has 1 N–H and O–H groups in total. The van der Waals surface area contributed by atoms with Gasteiger partial charge in [-0.05, 0) is 49.9 Å². The minimum absolute atomic E-state index is 0.201. The summed E-state index contributed by atoms with van der Waals surface area (Å²) < 4.78 is 14.8. The number of benzene rings is 2. The van der Waals surface area contributed by atoms with Crippen LogP contribution in [0.25, 0.3) is 10.1 Å². The summed E-state index contributed by atoms with van der Waals surface area (Å²) >= 11 is 1.60. The molecule has 1 fully saturated rings. The van der Waals surface area contributed by atoms with Gasteiger partial charge in [-0.1, -0.05) is 6.07 Å². The Hall–Kier alpha value is -2.44. The smallest absolute Gasteiger partial charge is 0.140 e. The molecule has 2 aliphatic heterocycles. The van der Waals surface area contributed by atoms with Gasteiger partial charge in [0.1, 0.15) is 16.7 Å². The Kier molecular flexibility index (Phi) is 3.91. The summed E-state index contributed by atoms with van der Waals surface area (Å²) in [7, 11) is 2.15. The number of hydrogen-bond donors (Lipinski definition) is 1. The number of halogens is 1. The fourth-order valence-corrected chi connectivity index (χ4v) is 4.90. The number of aliphatic imine (C=N–C) groups is 1. The molecule has 0 bridgehead atoms. The first-order chi connectivity index (χ1) is 13.1. The van der Waals surface area contributed by atoms with Gasteiger partial charge in [-0.15, -0.1) is 11.3 Å². The topological polar surface area (TPSA) is 30.9 Å². The van der Waals surface area contributed by atoms with Crippen LogP contribution in [0.5, 0.6) is 0 Å². The molecule has 3 heterocycles. The van der Waals surface area contributed by atoms with E-state index in [0.29, 0.717) is 0 Å². The Morgan fingerprint density at radius 2 is 1.89 bits per heavy atom. The third-order valence-electron chi connectivity index (χ3n) is 5.31. The fraction of sp³-hybridized carbons (Fsp3) is 0.286.